The van der Waals surface area contributed by atoms with Gasteiger partial charge < -0.3 is 12.4 Å². The summed E-state index contributed by atoms with van der Waals surface area (Å²) in [6, 6.07) is 6.37. The average molecular weight is 237 g/mol. The predicted molar refractivity (Wildman–Crippen MR) is 58.9 cm³/mol. The third-order valence-electron chi connectivity index (χ3n) is 2.60. The van der Waals surface area contributed by atoms with Crippen LogP contribution in [0.25, 0.3) is 10.9 Å². The lowest BCUT2D eigenvalue weighted by Crippen LogP contribution is -3.00. The van der Waals surface area contributed by atoms with E-state index in [0.29, 0.717) is 0 Å². The van der Waals surface area contributed by atoms with Crippen LogP contribution in [0.15, 0.2) is 29.4 Å². The molecule has 1 aliphatic rings. The summed E-state index contributed by atoms with van der Waals surface area (Å²) < 4.78 is 1.94. The summed E-state index contributed by atoms with van der Waals surface area (Å²) in [5.41, 5.74) is 2.41. The van der Waals surface area contributed by atoms with E-state index in [2.05, 4.69) is 46.7 Å². The number of hydrogen-bond acceptors (Lipinski definition) is 2. The zero-order valence-electron chi connectivity index (χ0n) is 9.00. The van der Waals surface area contributed by atoms with Crippen LogP contribution in [0, 0.1) is 6.92 Å². The number of H-pyrrole nitrogens is 1. The summed E-state index contributed by atoms with van der Waals surface area (Å²) in [6.07, 6.45) is 2.06. The van der Waals surface area contributed by atoms with Crippen molar-refractivity contribution in [2.75, 3.05) is 13.1 Å². The fourth-order valence-electron chi connectivity index (χ4n) is 1.84. The Morgan fingerprint density at radius 3 is 3.00 bits per heavy atom. The van der Waals surface area contributed by atoms with E-state index in [1.165, 1.54) is 10.9 Å². The van der Waals surface area contributed by atoms with Gasteiger partial charge in [0.15, 0.2) is 0 Å². The van der Waals surface area contributed by atoms with Crippen molar-refractivity contribution in [3.8, 4) is 0 Å². The van der Waals surface area contributed by atoms with Gasteiger partial charge in [0.1, 0.15) is 12.7 Å². The number of halogens is 1. The van der Waals surface area contributed by atoms with E-state index >= 15 is 0 Å². The second-order valence-electron chi connectivity index (χ2n) is 3.83. The highest BCUT2D eigenvalue weighted by Crippen LogP contribution is 2.10. The van der Waals surface area contributed by atoms with Crippen LogP contribution in [0.2, 0.25) is 0 Å². The van der Waals surface area contributed by atoms with Crippen molar-refractivity contribution in [1.82, 2.24) is 10.4 Å². The molecule has 0 atom stereocenters. The number of aryl methyl sites for hydroxylation is 1. The molecule has 0 fully saturated rings. The molecule has 1 aromatic heterocycles. The highest BCUT2D eigenvalue weighted by atomic mass is 35.5. The maximum absolute atomic E-state index is 4.36. The first kappa shape index (κ1) is 11.0. The first-order valence-corrected chi connectivity index (χ1v) is 5.13. The summed E-state index contributed by atoms with van der Waals surface area (Å²) in [5, 5.41) is 7.74. The van der Waals surface area contributed by atoms with E-state index in [0.717, 1.165) is 24.6 Å². The minimum Gasteiger partial charge on any atom is -1.00 e. The number of aliphatic imine (C=N–C) groups is 1. The lowest BCUT2D eigenvalue weighted by molar-refractivity contribution is -0.618. The first-order valence-electron chi connectivity index (χ1n) is 5.13. The van der Waals surface area contributed by atoms with Gasteiger partial charge in [0.05, 0.1) is 12.1 Å². The van der Waals surface area contributed by atoms with E-state index in [-0.39, 0.29) is 12.4 Å². The molecule has 2 aromatic rings. The first-order chi connectivity index (χ1) is 7.33. The fraction of sp³-hybridized carbons (Fsp3) is 0.273. The van der Waals surface area contributed by atoms with Crippen LogP contribution in [-0.4, -0.2) is 24.1 Å². The molecule has 84 valence electrons. The molecule has 4 nitrogen and oxygen atoms in total. The van der Waals surface area contributed by atoms with Crippen molar-refractivity contribution < 1.29 is 17.1 Å². The standard InChI is InChI=1S/C11H12N4.ClH/c1-8-2-3-9-7-15(14-10(9)6-8)11-12-4-5-13-11;/h2-3,6-7H,4-5H2,1H3,(H,12,13);1H. The second-order valence-corrected chi connectivity index (χ2v) is 3.83. The molecule has 1 aromatic carbocycles. The molecule has 0 saturated carbocycles. The molecule has 0 amide bonds. The number of nitrogens with zero attached hydrogens (tertiary/aromatic N) is 2. The monoisotopic (exact) mass is 236 g/mol. The van der Waals surface area contributed by atoms with Gasteiger partial charge in [-0.25, -0.2) is 5.10 Å². The lowest BCUT2D eigenvalue weighted by Gasteiger charge is -1.91. The highest BCUT2D eigenvalue weighted by Gasteiger charge is 2.18. The van der Waals surface area contributed by atoms with Crippen LogP contribution >= 0.6 is 0 Å². The van der Waals surface area contributed by atoms with Crippen LogP contribution in [0.4, 0.5) is 0 Å². The summed E-state index contributed by atoms with van der Waals surface area (Å²) in [4.78, 5) is 4.36. The minimum atomic E-state index is 0. The van der Waals surface area contributed by atoms with Gasteiger partial charge in [-0.2, -0.15) is 0 Å². The van der Waals surface area contributed by atoms with Gasteiger partial charge >= 0.3 is 5.96 Å². The molecule has 2 heterocycles. The summed E-state index contributed by atoms with van der Waals surface area (Å²) in [7, 11) is 0. The second kappa shape index (κ2) is 4.14. The fourth-order valence-corrected chi connectivity index (χ4v) is 1.84. The number of nitrogens with one attached hydrogen (secondary N) is 2. The van der Waals surface area contributed by atoms with Gasteiger partial charge in [0.25, 0.3) is 0 Å². The van der Waals surface area contributed by atoms with Crippen molar-refractivity contribution in [1.29, 1.82) is 0 Å². The molecule has 5 heteroatoms. The molecule has 2 N–H and O–H groups in total. The van der Waals surface area contributed by atoms with Crippen LogP contribution in [0.1, 0.15) is 5.56 Å². The number of aromatic nitrogens is 2. The largest absolute Gasteiger partial charge is 1.00 e. The van der Waals surface area contributed by atoms with Crippen molar-refractivity contribution >= 4 is 16.9 Å². The molecule has 1 aliphatic heterocycles. The molecule has 0 aliphatic carbocycles. The Bertz CT molecular complexity index is 544. The minimum absolute atomic E-state index is 0. The van der Waals surface area contributed by atoms with Gasteiger partial charge in [-0.15, -0.1) is 9.67 Å². The van der Waals surface area contributed by atoms with E-state index in [1.54, 1.807) is 0 Å². The van der Waals surface area contributed by atoms with Crippen LogP contribution in [0.5, 0.6) is 0 Å². The van der Waals surface area contributed by atoms with Crippen molar-refractivity contribution in [3.05, 3.63) is 30.0 Å². The van der Waals surface area contributed by atoms with Crippen molar-refractivity contribution in [2.45, 2.75) is 6.92 Å². The average Bonchev–Trinajstić information content (AvgIpc) is 2.84. The van der Waals surface area contributed by atoms with Gasteiger partial charge in [0, 0.05) is 5.39 Å². The molecule has 0 bridgehead atoms. The predicted octanol–water partition coefficient (Wildman–Crippen LogP) is -2.42. The maximum Gasteiger partial charge on any atom is 0.408 e. The summed E-state index contributed by atoms with van der Waals surface area (Å²) in [5.74, 6) is 0.906. The SMILES string of the molecule is Cc1ccc2c[n+](C3=NCCN3)[nH]c2c1.[Cl-]. The lowest BCUT2D eigenvalue weighted by atomic mass is 10.2. The Morgan fingerprint density at radius 1 is 1.38 bits per heavy atom. The maximum atomic E-state index is 4.36. The molecule has 0 saturated heterocycles. The van der Waals surface area contributed by atoms with E-state index in [9.17, 15) is 0 Å². The van der Waals surface area contributed by atoms with E-state index < -0.39 is 0 Å². The van der Waals surface area contributed by atoms with Crippen molar-refractivity contribution in [2.24, 2.45) is 4.99 Å². The number of aromatic amines is 1. The zero-order chi connectivity index (χ0) is 10.3. The number of hydrogen-bond donors (Lipinski definition) is 2. The Morgan fingerprint density at radius 2 is 2.25 bits per heavy atom. The van der Waals surface area contributed by atoms with Gasteiger partial charge in [-0.05, 0) is 24.6 Å². The molecule has 3 rings (SSSR count). The Balaban J connectivity index is 0.000000963. The zero-order valence-corrected chi connectivity index (χ0v) is 9.75. The molecular weight excluding hydrogens is 224 g/mol. The summed E-state index contributed by atoms with van der Waals surface area (Å²) >= 11 is 0. The normalized spacial score (nSPS) is 14.4. The number of benzene rings is 1. The Kier molecular flexibility index (Phi) is 2.83. The Labute approximate surface area is 99.8 Å². The molecule has 0 spiro atoms. The highest BCUT2D eigenvalue weighted by molar-refractivity contribution is 5.80. The van der Waals surface area contributed by atoms with E-state index in [4.69, 9.17) is 0 Å². The van der Waals surface area contributed by atoms with Gasteiger partial charge in [-0.1, -0.05) is 6.07 Å². The number of rotatable bonds is 0. The van der Waals surface area contributed by atoms with Gasteiger partial charge in [0.2, 0.25) is 0 Å². The van der Waals surface area contributed by atoms with E-state index in [1.807, 2.05) is 4.68 Å². The van der Waals surface area contributed by atoms with Crippen molar-refractivity contribution in [3.63, 3.8) is 0 Å². The third-order valence-corrected chi connectivity index (χ3v) is 2.60. The van der Waals surface area contributed by atoms with Gasteiger partial charge in [-0.3, -0.25) is 5.32 Å². The molecule has 16 heavy (non-hydrogen) atoms. The summed E-state index contributed by atoms with van der Waals surface area (Å²) in [6.45, 7) is 3.88. The molecule has 0 radical (unpaired) electrons. The quantitative estimate of drug-likeness (QED) is 0.491. The third kappa shape index (κ3) is 1.76. The van der Waals surface area contributed by atoms with Crippen LogP contribution in [0.3, 0.4) is 0 Å². The topological polar surface area (TPSA) is 44.1 Å². The molecular formula is C11H13ClN4. The Hall–Kier alpha value is -1.55. The number of fused-ring (bicyclic) bond motifs is 1. The van der Waals surface area contributed by atoms with Crippen LogP contribution < -0.4 is 22.4 Å². The smallest absolute Gasteiger partial charge is 0.408 e. The van der Waals surface area contributed by atoms with Crippen LogP contribution in [-0.2, 0) is 0 Å². The molecule has 0 unspecified atom stereocenters.